The van der Waals surface area contributed by atoms with E-state index in [-0.39, 0.29) is 30.2 Å². The van der Waals surface area contributed by atoms with Crippen molar-refractivity contribution in [3.05, 3.63) is 45.7 Å². The molecule has 2 aromatic rings. The maximum atomic E-state index is 12.8. The maximum absolute atomic E-state index is 12.8. The van der Waals surface area contributed by atoms with E-state index in [0.717, 1.165) is 14.9 Å². The van der Waals surface area contributed by atoms with Crippen LogP contribution in [-0.2, 0) is 14.3 Å². The molecule has 8 heteroatoms. The normalized spacial score (nSPS) is 14.4. The SMILES string of the molecule is CCOC(=O)C1CCN(C(=O)CN(C)C(=O)c2ccc(-c3ccc(Br)cc3)s2)CC1. The third kappa shape index (κ3) is 5.49. The van der Waals surface area contributed by atoms with E-state index in [4.69, 9.17) is 4.74 Å². The number of likely N-dealkylation sites (N-methyl/N-ethyl adjacent to an activating group) is 1. The molecule has 1 fully saturated rings. The quantitative estimate of drug-likeness (QED) is 0.570. The van der Waals surface area contributed by atoms with Gasteiger partial charge in [-0.2, -0.15) is 0 Å². The van der Waals surface area contributed by atoms with Gasteiger partial charge < -0.3 is 14.5 Å². The van der Waals surface area contributed by atoms with Crippen molar-refractivity contribution in [2.75, 3.05) is 33.3 Å². The highest BCUT2D eigenvalue weighted by molar-refractivity contribution is 9.10. The summed E-state index contributed by atoms with van der Waals surface area (Å²) in [5.74, 6) is -0.594. The molecule has 3 rings (SSSR count). The summed E-state index contributed by atoms with van der Waals surface area (Å²) in [7, 11) is 1.64. The van der Waals surface area contributed by atoms with E-state index in [0.29, 0.717) is 37.4 Å². The first-order valence-corrected chi connectivity index (χ1v) is 11.6. The van der Waals surface area contributed by atoms with E-state index in [9.17, 15) is 14.4 Å². The lowest BCUT2D eigenvalue weighted by molar-refractivity contribution is -0.151. The van der Waals surface area contributed by atoms with Gasteiger partial charge in [-0.1, -0.05) is 28.1 Å². The zero-order valence-corrected chi connectivity index (χ0v) is 19.5. The lowest BCUT2D eigenvalue weighted by Gasteiger charge is -2.32. The van der Waals surface area contributed by atoms with Crippen LogP contribution in [0.3, 0.4) is 0 Å². The van der Waals surface area contributed by atoms with Crippen molar-refractivity contribution in [3.8, 4) is 10.4 Å². The number of amides is 2. The Morgan fingerprint density at radius 3 is 2.43 bits per heavy atom. The summed E-state index contributed by atoms with van der Waals surface area (Å²) < 4.78 is 6.07. The highest BCUT2D eigenvalue weighted by Gasteiger charge is 2.29. The predicted molar refractivity (Wildman–Crippen MR) is 120 cm³/mol. The van der Waals surface area contributed by atoms with Gasteiger partial charge in [0.1, 0.15) is 0 Å². The van der Waals surface area contributed by atoms with Crippen LogP contribution in [0.4, 0.5) is 0 Å². The molecule has 6 nitrogen and oxygen atoms in total. The first-order chi connectivity index (χ1) is 14.4. The summed E-state index contributed by atoms with van der Waals surface area (Å²) in [5, 5.41) is 0. The number of hydrogen-bond donors (Lipinski definition) is 0. The summed E-state index contributed by atoms with van der Waals surface area (Å²) in [6, 6.07) is 11.7. The number of carbonyl (C=O) groups excluding carboxylic acids is 3. The number of likely N-dealkylation sites (tertiary alicyclic amines) is 1. The maximum Gasteiger partial charge on any atom is 0.309 e. The first-order valence-electron chi connectivity index (χ1n) is 9.94. The molecule has 0 unspecified atom stereocenters. The summed E-state index contributed by atoms with van der Waals surface area (Å²) in [6.45, 7) is 3.21. The number of ether oxygens (including phenoxy) is 1. The Hall–Kier alpha value is -2.19. The van der Waals surface area contributed by atoms with Gasteiger partial charge in [0.25, 0.3) is 5.91 Å². The number of hydrogen-bond acceptors (Lipinski definition) is 5. The van der Waals surface area contributed by atoms with Crippen LogP contribution in [0.5, 0.6) is 0 Å². The monoisotopic (exact) mass is 492 g/mol. The molecular weight excluding hydrogens is 468 g/mol. The van der Waals surface area contributed by atoms with E-state index in [1.807, 2.05) is 30.3 Å². The highest BCUT2D eigenvalue weighted by Crippen LogP contribution is 2.29. The van der Waals surface area contributed by atoms with Crippen molar-refractivity contribution in [1.82, 2.24) is 9.80 Å². The van der Waals surface area contributed by atoms with Gasteiger partial charge >= 0.3 is 5.97 Å². The zero-order valence-electron chi connectivity index (χ0n) is 17.1. The van der Waals surface area contributed by atoms with E-state index >= 15 is 0 Å². The van der Waals surface area contributed by atoms with E-state index in [1.165, 1.54) is 16.2 Å². The largest absolute Gasteiger partial charge is 0.466 e. The van der Waals surface area contributed by atoms with Crippen LogP contribution in [-0.4, -0.2) is 60.9 Å². The molecule has 2 amide bonds. The number of benzene rings is 1. The minimum atomic E-state index is -0.184. The second kappa shape index (κ2) is 10.2. The smallest absolute Gasteiger partial charge is 0.309 e. The number of halogens is 1. The molecule has 1 aromatic carbocycles. The molecule has 1 aliphatic rings. The number of thiophene rings is 1. The predicted octanol–water partition coefficient (Wildman–Crippen LogP) is 4.05. The Morgan fingerprint density at radius 1 is 1.13 bits per heavy atom. The Kier molecular flexibility index (Phi) is 7.66. The van der Waals surface area contributed by atoms with Gasteiger partial charge in [0.05, 0.1) is 23.9 Å². The minimum absolute atomic E-state index is 0.0222. The molecular formula is C22H25BrN2O4S. The molecule has 0 atom stereocenters. The van der Waals surface area contributed by atoms with Gasteiger partial charge in [0.2, 0.25) is 5.91 Å². The minimum Gasteiger partial charge on any atom is -0.466 e. The molecule has 30 heavy (non-hydrogen) atoms. The first kappa shape index (κ1) is 22.5. The molecule has 160 valence electrons. The van der Waals surface area contributed by atoms with Gasteiger partial charge in [0.15, 0.2) is 0 Å². The zero-order chi connectivity index (χ0) is 21.7. The number of piperidine rings is 1. The van der Waals surface area contributed by atoms with Crippen molar-refractivity contribution >= 4 is 45.1 Å². The Bertz CT molecular complexity index is 904. The van der Waals surface area contributed by atoms with Gasteiger partial charge in [-0.15, -0.1) is 11.3 Å². The molecule has 0 aliphatic carbocycles. The standard InChI is InChI=1S/C22H25BrN2O4S/c1-3-29-22(28)16-10-12-25(13-11-16)20(26)14-24(2)21(27)19-9-8-18(30-19)15-4-6-17(23)7-5-15/h4-9,16H,3,10-14H2,1-2H3. The molecule has 1 aromatic heterocycles. The number of esters is 1. The average molecular weight is 493 g/mol. The number of nitrogens with zero attached hydrogens (tertiary/aromatic N) is 2. The van der Waals surface area contributed by atoms with Crippen molar-refractivity contribution in [2.24, 2.45) is 5.92 Å². The summed E-state index contributed by atoms with van der Waals surface area (Å²) in [4.78, 5) is 42.0. The topological polar surface area (TPSA) is 66.9 Å². The van der Waals surface area contributed by atoms with E-state index in [1.54, 1.807) is 24.9 Å². The van der Waals surface area contributed by atoms with Crippen LogP contribution in [0.2, 0.25) is 0 Å². The molecule has 0 bridgehead atoms. The number of carbonyl (C=O) groups is 3. The van der Waals surface area contributed by atoms with Crippen LogP contribution in [0, 0.1) is 5.92 Å². The van der Waals surface area contributed by atoms with Crippen LogP contribution in [0.15, 0.2) is 40.9 Å². The molecule has 0 radical (unpaired) electrons. The molecule has 0 spiro atoms. The van der Waals surface area contributed by atoms with Gasteiger partial charge in [-0.05, 0) is 49.6 Å². The fraction of sp³-hybridized carbons (Fsp3) is 0.409. The van der Waals surface area contributed by atoms with Crippen molar-refractivity contribution in [1.29, 1.82) is 0 Å². The molecule has 2 heterocycles. The van der Waals surface area contributed by atoms with E-state index in [2.05, 4.69) is 15.9 Å². The fourth-order valence-corrected chi connectivity index (χ4v) is 4.68. The van der Waals surface area contributed by atoms with Crippen molar-refractivity contribution in [3.63, 3.8) is 0 Å². The number of rotatable bonds is 6. The molecule has 1 saturated heterocycles. The van der Waals surface area contributed by atoms with Crippen molar-refractivity contribution < 1.29 is 19.1 Å². The van der Waals surface area contributed by atoms with E-state index < -0.39 is 0 Å². The summed E-state index contributed by atoms with van der Waals surface area (Å²) in [6.07, 6.45) is 1.20. The molecule has 0 N–H and O–H groups in total. The summed E-state index contributed by atoms with van der Waals surface area (Å²) >= 11 is 4.84. The van der Waals surface area contributed by atoms with Gasteiger partial charge in [-0.3, -0.25) is 14.4 Å². The Labute approximate surface area is 188 Å². The van der Waals surface area contributed by atoms with Gasteiger partial charge in [0, 0.05) is 29.5 Å². The van der Waals surface area contributed by atoms with Crippen LogP contribution in [0.1, 0.15) is 29.4 Å². The lowest BCUT2D eigenvalue weighted by Crippen LogP contribution is -2.45. The lowest BCUT2D eigenvalue weighted by atomic mass is 9.97. The molecule has 0 saturated carbocycles. The summed E-state index contributed by atoms with van der Waals surface area (Å²) in [5.41, 5.74) is 1.05. The second-order valence-electron chi connectivity index (χ2n) is 7.24. The van der Waals surface area contributed by atoms with Crippen LogP contribution >= 0.6 is 27.3 Å². The van der Waals surface area contributed by atoms with Crippen molar-refractivity contribution in [2.45, 2.75) is 19.8 Å². The van der Waals surface area contributed by atoms with Crippen LogP contribution in [0.25, 0.3) is 10.4 Å². The Balaban J connectivity index is 1.54. The average Bonchev–Trinajstić information content (AvgIpc) is 3.24. The highest BCUT2D eigenvalue weighted by atomic mass is 79.9. The molecule has 1 aliphatic heterocycles. The van der Waals surface area contributed by atoms with Gasteiger partial charge in [-0.25, -0.2) is 0 Å². The fourth-order valence-electron chi connectivity index (χ4n) is 3.41. The third-order valence-corrected chi connectivity index (χ3v) is 6.78. The third-order valence-electron chi connectivity index (χ3n) is 5.13. The second-order valence-corrected chi connectivity index (χ2v) is 9.24. The van der Waals surface area contributed by atoms with Crippen LogP contribution < -0.4 is 0 Å². The Morgan fingerprint density at radius 2 is 1.80 bits per heavy atom.